The average Bonchev–Trinajstić information content (AvgIpc) is 3.54. The number of carbonyl (C=O) groups excluding carboxylic acids is 3. The number of nitrogens with one attached hydrogen (secondary N) is 1. The molecule has 12 heteroatoms. The highest BCUT2D eigenvalue weighted by molar-refractivity contribution is 6.49. The van der Waals surface area contributed by atoms with Crippen molar-refractivity contribution in [3.8, 4) is 0 Å². The van der Waals surface area contributed by atoms with Gasteiger partial charge in [0.05, 0.1) is 28.6 Å². The lowest BCUT2D eigenvalue weighted by molar-refractivity contribution is -0.122. The van der Waals surface area contributed by atoms with Crippen molar-refractivity contribution in [2.75, 3.05) is 19.6 Å². The molecular formula is C28H23F3N6O3. The Morgan fingerprint density at radius 1 is 0.975 bits per heavy atom. The molecule has 40 heavy (non-hydrogen) atoms. The van der Waals surface area contributed by atoms with E-state index in [1.165, 1.54) is 23.2 Å². The molecule has 204 valence electrons. The minimum absolute atomic E-state index is 0.0410. The molecule has 0 atom stereocenters. The number of hydrogen-bond acceptors (Lipinski definition) is 4. The van der Waals surface area contributed by atoms with Crippen molar-refractivity contribution in [1.29, 1.82) is 0 Å². The van der Waals surface area contributed by atoms with Crippen molar-refractivity contribution < 1.29 is 27.6 Å². The Morgan fingerprint density at radius 2 is 1.75 bits per heavy atom. The zero-order valence-corrected chi connectivity index (χ0v) is 21.2. The number of carbonyl (C=O) groups is 3. The molecule has 4 amide bonds. The minimum Gasteiger partial charge on any atom is -0.345 e. The van der Waals surface area contributed by atoms with Crippen LogP contribution in [0.3, 0.4) is 0 Å². The molecule has 0 spiro atoms. The number of imidazole rings is 1. The number of urea groups is 1. The lowest BCUT2D eigenvalue weighted by Gasteiger charge is -2.35. The number of likely N-dealkylation sites (tertiary alicyclic amines) is 1. The van der Waals surface area contributed by atoms with Gasteiger partial charge in [0.15, 0.2) is 0 Å². The molecule has 9 nitrogen and oxygen atoms in total. The van der Waals surface area contributed by atoms with Gasteiger partial charge in [-0.3, -0.25) is 19.3 Å². The van der Waals surface area contributed by atoms with E-state index in [0.29, 0.717) is 39.9 Å². The summed E-state index contributed by atoms with van der Waals surface area (Å²) in [6.07, 6.45) is 4.21. The smallest absolute Gasteiger partial charge is 0.320 e. The van der Waals surface area contributed by atoms with Gasteiger partial charge in [-0.2, -0.15) is 0 Å². The lowest BCUT2D eigenvalue weighted by atomic mass is 9.98. The molecule has 1 fully saturated rings. The number of fused-ring (bicyclic) bond motifs is 1. The maximum absolute atomic E-state index is 15.0. The molecule has 0 bridgehead atoms. The maximum Gasteiger partial charge on any atom is 0.320 e. The highest BCUT2D eigenvalue weighted by Crippen LogP contribution is 2.39. The Balaban J connectivity index is 1.32. The van der Waals surface area contributed by atoms with E-state index in [-0.39, 0.29) is 56.2 Å². The van der Waals surface area contributed by atoms with Crippen molar-refractivity contribution in [3.05, 3.63) is 71.6 Å². The largest absolute Gasteiger partial charge is 0.345 e. The number of hydrogen-bond donors (Lipinski definition) is 1. The van der Waals surface area contributed by atoms with E-state index < -0.39 is 23.6 Å². The van der Waals surface area contributed by atoms with Gasteiger partial charge in [0.2, 0.25) is 0 Å². The highest BCUT2D eigenvalue weighted by Gasteiger charge is 2.38. The Hall–Kier alpha value is -4.61. The number of rotatable bonds is 2. The average molecular weight is 549 g/mol. The second kappa shape index (κ2) is 8.70. The van der Waals surface area contributed by atoms with Crippen molar-refractivity contribution in [1.82, 2.24) is 29.1 Å². The SMILES string of the molecule is O=C1NC(=O)C(c2cnc3ccccn23)=C1c1cn2c3c(cc(F)cc13)CN(C(=O)N1CCC(F)(F)CC1)CC2. The number of amides is 4. The van der Waals surface area contributed by atoms with Gasteiger partial charge >= 0.3 is 6.03 Å². The molecule has 0 unspecified atom stereocenters. The second-order valence-electron chi connectivity index (χ2n) is 10.3. The predicted octanol–water partition coefficient (Wildman–Crippen LogP) is 3.66. The van der Waals surface area contributed by atoms with Gasteiger partial charge < -0.3 is 14.4 Å². The number of imide groups is 1. The minimum atomic E-state index is -2.77. The predicted molar refractivity (Wildman–Crippen MR) is 139 cm³/mol. The Bertz CT molecular complexity index is 1780. The quantitative estimate of drug-likeness (QED) is 0.387. The van der Waals surface area contributed by atoms with Crippen LogP contribution in [0.1, 0.15) is 29.7 Å². The zero-order chi connectivity index (χ0) is 27.8. The number of aromatic nitrogens is 3. The van der Waals surface area contributed by atoms with Crippen molar-refractivity contribution >= 4 is 45.5 Å². The number of piperidine rings is 1. The first-order chi connectivity index (χ1) is 19.2. The molecule has 0 aliphatic carbocycles. The van der Waals surface area contributed by atoms with Crippen LogP contribution >= 0.6 is 0 Å². The monoisotopic (exact) mass is 548 g/mol. The molecule has 3 aliphatic heterocycles. The first-order valence-electron chi connectivity index (χ1n) is 13.0. The maximum atomic E-state index is 15.0. The normalized spacial score (nSPS) is 19.1. The number of halogens is 3. The molecule has 0 radical (unpaired) electrons. The topological polar surface area (TPSA) is 92.0 Å². The molecule has 1 aromatic carbocycles. The molecule has 3 aromatic heterocycles. The summed E-state index contributed by atoms with van der Waals surface area (Å²) < 4.78 is 45.9. The van der Waals surface area contributed by atoms with Crippen LogP contribution in [0.2, 0.25) is 0 Å². The van der Waals surface area contributed by atoms with Crippen molar-refractivity contribution in [3.63, 3.8) is 0 Å². The summed E-state index contributed by atoms with van der Waals surface area (Å²) in [4.78, 5) is 46.7. The van der Waals surface area contributed by atoms with Gasteiger partial charge in [0.25, 0.3) is 17.7 Å². The third-order valence-electron chi connectivity index (χ3n) is 7.90. The van der Waals surface area contributed by atoms with Crippen LogP contribution in [0, 0.1) is 5.82 Å². The van der Waals surface area contributed by atoms with E-state index in [1.54, 1.807) is 33.8 Å². The summed E-state index contributed by atoms with van der Waals surface area (Å²) in [5.74, 6) is -4.50. The lowest BCUT2D eigenvalue weighted by Crippen LogP contribution is -2.49. The van der Waals surface area contributed by atoms with Crippen molar-refractivity contribution in [2.24, 2.45) is 0 Å². The van der Waals surface area contributed by atoms with E-state index in [0.717, 1.165) is 0 Å². The molecule has 1 N–H and O–H groups in total. The summed E-state index contributed by atoms with van der Waals surface area (Å²) in [5.41, 5.74) is 2.87. The number of nitrogens with zero attached hydrogens (tertiary/aromatic N) is 5. The van der Waals surface area contributed by atoms with Crippen LogP contribution in [0.4, 0.5) is 18.0 Å². The van der Waals surface area contributed by atoms with Crippen LogP contribution in [-0.2, 0) is 22.7 Å². The summed E-state index contributed by atoms with van der Waals surface area (Å²) in [6.45, 7) is 0.587. The van der Waals surface area contributed by atoms with Gasteiger partial charge in [-0.05, 0) is 29.8 Å². The fourth-order valence-corrected chi connectivity index (χ4v) is 5.96. The van der Waals surface area contributed by atoms with E-state index in [2.05, 4.69) is 10.3 Å². The first kappa shape index (κ1) is 24.4. The number of benzene rings is 1. The van der Waals surface area contributed by atoms with Crippen LogP contribution < -0.4 is 5.32 Å². The van der Waals surface area contributed by atoms with Gasteiger partial charge in [-0.15, -0.1) is 0 Å². The molecule has 6 heterocycles. The van der Waals surface area contributed by atoms with Gasteiger partial charge in [-0.1, -0.05) is 6.07 Å². The highest BCUT2D eigenvalue weighted by atomic mass is 19.3. The van der Waals surface area contributed by atoms with Crippen LogP contribution in [0.15, 0.2) is 48.9 Å². The molecule has 1 saturated heterocycles. The van der Waals surface area contributed by atoms with Crippen LogP contribution in [0.25, 0.3) is 27.7 Å². The van der Waals surface area contributed by atoms with Crippen molar-refractivity contribution in [2.45, 2.75) is 31.9 Å². The molecule has 7 rings (SSSR count). The Kier molecular flexibility index (Phi) is 5.31. The van der Waals surface area contributed by atoms with E-state index in [9.17, 15) is 23.2 Å². The molecule has 3 aliphatic rings. The fraction of sp³-hybridized carbons (Fsp3) is 0.286. The molecule has 4 aromatic rings. The van der Waals surface area contributed by atoms with Crippen LogP contribution in [0.5, 0.6) is 0 Å². The summed E-state index contributed by atoms with van der Waals surface area (Å²) in [6, 6.07) is 7.68. The summed E-state index contributed by atoms with van der Waals surface area (Å²) in [5, 5.41) is 2.81. The van der Waals surface area contributed by atoms with Gasteiger partial charge in [-0.25, -0.2) is 22.9 Å². The van der Waals surface area contributed by atoms with E-state index in [4.69, 9.17) is 0 Å². The third kappa shape index (κ3) is 3.77. The molecular weight excluding hydrogens is 525 g/mol. The zero-order valence-electron chi connectivity index (χ0n) is 21.2. The summed E-state index contributed by atoms with van der Waals surface area (Å²) >= 11 is 0. The summed E-state index contributed by atoms with van der Waals surface area (Å²) in [7, 11) is 0. The Labute approximate surface area is 225 Å². The molecule has 0 saturated carbocycles. The van der Waals surface area contributed by atoms with Gasteiger partial charge in [0, 0.05) is 68.9 Å². The number of pyridine rings is 1. The van der Waals surface area contributed by atoms with E-state index >= 15 is 4.39 Å². The standard InChI is InChI=1S/C28H23F3N6O3/c29-17-11-16-14-36(27(40)34-7-4-28(30,31)5-8-34)10-9-35-15-19(18(12-17)24(16)35)22-23(26(39)33-25(22)38)20-13-32-21-3-1-2-6-37(20)21/h1-3,6,11-13,15H,4-5,7-10,14H2,(H,33,38,39). The van der Waals surface area contributed by atoms with Gasteiger partial charge in [0.1, 0.15) is 11.5 Å². The fourth-order valence-electron chi connectivity index (χ4n) is 5.96. The second-order valence-corrected chi connectivity index (χ2v) is 10.3. The number of alkyl halides is 2. The third-order valence-corrected chi connectivity index (χ3v) is 7.90. The van der Waals surface area contributed by atoms with Crippen LogP contribution in [-0.4, -0.2) is 67.2 Å². The first-order valence-corrected chi connectivity index (χ1v) is 13.0. The Morgan fingerprint density at radius 3 is 2.55 bits per heavy atom. The van der Waals surface area contributed by atoms with E-state index in [1.807, 2.05) is 10.6 Å².